The van der Waals surface area contributed by atoms with Gasteiger partial charge in [-0.05, 0) is 23.6 Å². The largest absolute Gasteiger partial charge is 0.206 e. The molecule has 0 aliphatic heterocycles. The Balaban J connectivity index is 2.52. The average molecular weight is 239 g/mol. The molecule has 0 N–H and O–H groups in total. The number of hydrogen-bond donors (Lipinski definition) is 0. The molecule has 0 atom stereocenters. The summed E-state index contributed by atoms with van der Waals surface area (Å²) in [7, 11) is 0. The van der Waals surface area contributed by atoms with Crippen molar-refractivity contribution in [3.8, 4) is 17.2 Å². The van der Waals surface area contributed by atoms with Crippen LogP contribution in [0.2, 0.25) is 0 Å². The van der Waals surface area contributed by atoms with Gasteiger partial charge in [-0.25, -0.2) is 4.39 Å². The highest BCUT2D eigenvalue weighted by Crippen LogP contribution is 2.26. The van der Waals surface area contributed by atoms with Crippen molar-refractivity contribution in [2.45, 2.75) is 19.8 Å². The molecule has 0 aromatic heterocycles. The lowest BCUT2D eigenvalue weighted by Crippen LogP contribution is -1.90. The fraction of sp³-hybridized carbons (Fsp3) is 0.188. The molecule has 0 amide bonds. The van der Waals surface area contributed by atoms with Crippen LogP contribution in [0.15, 0.2) is 42.5 Å². The normalized spacial score (nSPS) is 10.1. The number of nitriles is 1. The van der Waals surface area contributed by atoms with Crippen LogP contribution >= 0.6 is 0 Å². The Morgan fingerprint density at radius 2 is 1.94 bits per heavy atom. The van der Waals surface area contributed by atoms with Crippen LogP contribution in [-0.2, 0) is 6.42 Å². The van der Waals surface area contributed by atoms with Crippen molar-refractivity contribution in [2.75, 3.05) is 0 Å². The third kappa shape index (κ3) is 2.41. The van der Waals surface area contributed by atoms with Gasteiger partial charge in [0.15, 0.2) is 0 Å². The van der Waals surface area contributed by atoms with Gasteiger partial charge in [0, 0.05) is 5.56 Å². The van der Waals surface area contributed by atoms with Crippen molar-refractivity contribution in [3.63, 3.8) is 0 Å². The zero-order chi connectivity index (χ0) is 13.0. The van der Waals surface area contributed by atoms with Gasteiger partial charge in [0.1, 0.15) is 11.9 Å². The summed E-state index contributed by atoms with van der Waals surface area (Å²) in [4.78, 5) is 0. The highest BCUT2D eigenvalue weighted by atomic mass is 19.1. The lowest BCUT2D eigenvalue weighted by atomic mass is 9.97. The summed E-state index contributed by atoms with van der Waals surface area (Å²) in [5, 5.41) is 9.04. The maximum absolute atomic E-state index is 13.6. The number of halogens is 1. The Hall–Kier alpha value is -2.14. The zero-order valence-electron chi connectivity index (χ0n) is 10.3. The molecule has 0 heterocycles. The van der Waals surface area contributed by atoms with Crippen molar-refractivity contribution in [1.29, 1.82) is 5.26 Å². The number of hydrogen-bond acceptors (Lipinski definition) is 1. The van der Waals surface area contributed by atoms with E-state index in [1.54, 1.807) is 12.1 Å². The van der Waals surface area contributed by atoms with Gasteiger partial charge in [0.05, 0.1) is 5.56 Å². The van der Waals surface area contributed by atoms with Crippen LogP contribution in [0.25, 0.3) is 11.1 Å². The quantitative estimate of drug-likeness (QED) is 0.782. The molecule has 0 saturated heterocycles. The maximum atomic E-state index is 13.6. The van der Waals surface area contributed by atoms with Crippen molar-refractivity contribution in [3.05, 3.63) is 59.4 Å². The van der Waals surface area contributed by atoms with Crippen LogP contribution in [-0.4, -0.2) is 0 Å². The van der Waals surface area contributed by atoms with Crippen LogP contribution < -0.4 is 0 Å². The lowest BCUT2D eigenvalue weighted by Gasteiger charge is -2.07. The molecule has 2 rings (SSSR count). The van der Waals surface area contributed by atoms with E-state index in [1.807, 2.05) is 24.3 Å². The Kier molecular flexibility index (Phi) is 3.74. The molecular weight excluding hydrogens is 225 g/mol. The minimum Gasteiger partial charge on any atom is -0.206 e. The van der Waals surface area contributed by atoms with Gasteiger partial charge in [-0.2, -0.15) is 5.26 Å². The minimum atomic E-state index is -0.462. The summed E-state index contributed by atoms with van der Waals surface area (Å²) in [6.07, 6.45) is 2.06. The number of aryl methyl sites for hydroxylation is 1. The zero-order valence-corrected chi connectivity index (χ0v) is 10.3. The molecule has 18 heavy (non-hydrogen) atoms. The standard InChI is InChI=1S/C16H14FN/c1-2-5-12-6-3-7-13(10-12)14-8-4-9-16(17)15(14)11-18/h3-4,6-10H,2,5H2,1H3. The second kappa shape index (κ2) is 5.46. The Labute approximate surface area is 107 Å². The van der Waals surface area contributed by atoms with Crippen LogP contribution in [0, 0.1) is 17.1 Å². The van der Waals surface area contributed by atoms with Gasteiger partial charge in [0.2, 0.25) is 0 Å². The van der Waals surface area contributed by atoms with E-state index in [9.17, 15) is 4.39 Å². The first-order chi connectivity index (χ1) is 8.76. The van der Waals surface area contributed by atoms with Crippen molar-refractivity contribution in [1.82, 2.24) is 0 Å². The van der Waals surface area contributed by atoms with Crippen LogP contribution in [0.4, 0.5) is 4.39 Å². The van der Waals surface area contributed by atoms with Gasteiger partial charge in [-0.3, -0.25) is 0 Å². The summed E-state index contributed by atoms with van der Waals surface area (Å²) in [5.74, 6) is -0.462. The topological polar surface area (TPSA) is 23.8 Å². The number of nitrogens with zero attached hydrogens (tertiary/aromatic N) is 1. The molecule has 0 unspecified atom stereocenters. The second-order valence-electron chi connectivity index (χ2n) is 4.22. The third-order valence-corrected chi connectivity index (χ3v) is 2.90. The first-order valence-electron chi connectivity index (χ1n) is 6.04. The van der Waals surface area contributed by atoms with E-state index in [4.69, 9.17) is 5.26 Å². The van der Waals surface area contributed by atoms with Crippen molar-refractivity contribution >= 4 is 0 Å². The molecule has 2 heteroatoms. The summed E-state index contributed by atoms with van der Waals surface area (Å²) >= 11 is 0. The van der Waals surface area contributed by atoms with Gasteiger partial charge in [-0.15, -0.1) is 0 Å². The molecular formula is C16H14FN. The molecule has 1 nitrogen and oxygen atoms in total. The molecule has 0 spiro atoms. The summed E-state index contributed by atoms with van der Waals surface area (Å²) < 4.78 is 13.6. The predicted molar refractivity (Wildman–Crippen MR) is 70.5 cm³/mol. The summed E-state index contributed by atoms with van der Waals surface area (Å²) in [6, 6.07) is 14.6. The highest BCUT2D eigenvalue weighted by Gasteiger charge is 2.09. The van der Waals surface area contributed by atoms with Gasteiger partial charge in [0.25, 0.3) is 0 Å². The molecule has 0 saturated carbocycles. The monoisotopic (exact) mass is 239 g/mol. The lowest BCUT2D eigenvalue weighted by molar-refractivity contribution is 0.624. The van der Waals surface area contributed by atoms with Crippen LogP contribution in [0.5, 0.6) is 0 Å². The Bertz CT molecular complexity index is 596. The first-order valence-corrected chi connectivity index (χ1v) is 6.04. The molecule has 90 valence electrons. The summed E-state index contributed by atoms with van der Waals surface area (Å²) in [5.41, 5.74) is 2.89. The van der Waals surface area contributed by atoms with Gasteiger partial charge >= 0.3 is 0 Å². The van der Waals surface area contributed by atoms with Crippen LogP contribution in [0.3, 0.4) is 0 Å². The Morgan fingerprint density at radius 3 is 2.67 bits per heavy atom. The van der Waals surface area contributed by atoms with E-state index in [1.165, 1.54) is 11.6 Å². The van der Waals surface area contributed by atoms with E-state index in [0.717, 1.165) is 18.4 Å². The smallest absolute Gasteiger partial charge is 0.141 e. The van der Waals surface area contributed by atoms with E-state index in [-0.39, 0.29) is 5.56 Å². The summed E-state index contributed by atoms with van der Waals surface area (Å²) in [6.45, 7) is 2.12. The van der Waals surface area contributed by atoms with Gasteiger partial charge < -0.3 is 0 Å². The predicted octanol–water partition coefficient (Wildman–Crippen LogP) is 4.32. The third-order valence-electron chi connectivity index (χ3n) is 2.90. The van der Waals surface area contributed by atoms with E-state index >= 15 is 0 Å². The molecule has 0 aliphatic carbocycles. The highest BCUT2D eigenvalue weighted by molar-refractivity contribution is 5.71. The van der Waals surface area contributed by atoms with Gasteiger partial charge in [-0.1, -0.05) is 49.7 Å². The fourth-order valence-corrected chi connectivity index (χ4v) is 2.06. The minimum absolute atomic E-state index is 0.117. The van der Waals surface area contributed by atoms with E-state index in [2.05, 4.69) is 13.0 Å². The number of benzene rings is 2. The van der Waals surface area contributed by atoms with Crippen LogP contribution in [0.1, 0.15) is 24.5 Å². The molecule has 0 fully saturated rings. The molecule has 0 aliphatic rings. The van der Waals surface area contributed by atoms with E-state index < -0.39 is 5.82 Å². The first kappa shape index (κ1) is 12.3. The second-order valence-corrected chi connectivity index (χ2v) is 4.22. The Morgan fingerprint density at radius 1 is 1.17 bits per heavy atom. The fourth-order valence-electron chi connectivity index (χ4n) is 2.06. The van der Waals surface area contributed by atoms with Crippen molar-refractivity contribution < 1.29 is 4.39 Å². The molecule has 0 radical (unpaired) electrons. The van der Waals surface area contributed by atoms with Crippen molar-refractivity contribution in [2.24, 2.45) is 0 Å². The molecule has 0 bridgehead atoms. The molecule has 2 aromatic carbocycles. The van der Waals surface area contributed by atoms with E-state index in [0.29, 0.717) is 5.56 Å². The molecule has 2 aromatic rings. The SMILES string of the molecule is CCCc1cccc(-c2cccc(F)c2C#N)c1. The number of rotatable bonds is 3. The average Bonchev–Trinajstić information content (AvgIpc) is 2.39. The maximum Gasteiger partial charge on any atom is 0.141 e.